The number of aliphatic hydroxyl groups is 1. The first-order chi connectivity index (χ1) is 14.7. The van der Waals surface area contributed by atoms with Crippen molar-refractivity contribution in [1.82, 2.24) is 9.88 Å². The maximum absolute atomic E-state index is 10.6. The van der Waals surface area contributed by atoms with E-state index in [9.17, 15) is 5.11 Å². The van der Waals surface area contributed by atoms with Crippen LogP contribution in [0.5, 0.6) is 5.75 Å². The van der Waals surface area contributed by atoms with Crippen LogP contribution in [0.25, 0.3) is 21.0 Å². The molecule has 0 radical (unpaired) electrons. The van der Waals surface area contributed by atoms with Crippen LogP contribution in [-0.4, -0.2) is 46.8 Å². The minimum atomic E-state index is -0.498. The zero-order chi connectivity index (χ0) is 20.5. The van der Waals surface area contributed by atoms with Gasteiger partial charge in [0.05, 0.1) is 0 Å². The Morgan fingerprint density at radius 2 is 2.10 bits per heavy atom. The lowest BCUT2D eigenvalue weighted by atomic mass is 9.90. The van der Waals surface area contributed by atoms with Crippen LogP contribution in [0.3, 0.4) is 0 Å². The van der Waals surface area contributed by atoms with E-state index in [4.69, 9.17) is 4.74 Å². The lowest BCUT2D eigenvalue weighted by Crippen LogP contribution is -2.45. The number of nitrogens with zero attached hydrogens (tertiary/aromatic N) is 1. The Kier molecular flexibility index (Phi) is 5.50. The summed E-state index contributed by atoms with van der Waals surface area (Å²) in [7, 11) is 0. The predicted octanol–water partition coefficient (Wildman–Crippen LogP) is 5.39. The van der Waals surface area contributed by atoms with Gasteiger partial charge in [-0.15, -0.1) is 11.3 Å². The van der Waals surface area contributed by atoms with Crippen LogP contribution in [-0.2, 0) is 0 Å². The van der Waals surface area contributed by atoms with Crippen LogP contribution in [0.4, 0.5) is 0 Å². The topological polar surface area (TPSA) is 48.5 Å². The molecule has 2 aromatic heterocycles. The third kappa shape index (κ3) is 3.97. The zero-order valence-electron chi connectivity index (χ0n) is 17.3. The number of nitrogens with one attached hydrogen (secondary N) is 1. The Morgan fingerprint density at radius 1 is 1.20 bits per heavy atom. The Morgan fingerprint density at radius 3 is 2.97 bits per heavy atom. The molecule has 1 saturated heterocycles. The molecule has 5 heteroatoms. The highest BCUT2D eigenvalue weighted by molar-refractivity contribution is 7.19. The molecule has 30 heavy (non-hydrogen) atoms. The van der Waals surface area contributed by atoms with E-state index < -0.39 is 6.10 Å². The molecule has 0 spiro atoms. The third-order valence-electron chi connectivity index (χ3n) is 6.29. The van der Waals surface area contributed by atoms with Crippen LogP contribution in [0, 0.1) is 0 Å². The Hall–Kier alpha value is -2.34. The number of likely N-dealkylation sites (tertiary alicyclic amines) is 1. The molecule has 4 nitrogen and oxygen atoms in total. The maximum atomic E-state index is 10.6. The van der Waals surface area contributed by atoms with Gasteiger partial charge in [0.1, 0.15) is 18.5 Å². The van der Waals surface area contributed by atoms with Gasteiger partial charge in [-0.25, -0.2) is 0 Å². The molecule has 5 rings (SSSR count). The monoisotopic (exact) mass is 420 g/mol. The van der Waals surface area contributed by atoms with Crippen LogP contribution in [0.1, 0.15) is 30.6 Å². The number of aliphatic hydroxyl groups excluding tert-OH is 1. The second-order valence-corrected chi connectivity index (χ2v) is 9.53. The molecule has 1 aliphatic rings. The fourth-order valence-corrected chi connectivity index (χ4v) is 5.86. The highest BCUT2D eigenvalue weighted by atomic mass is 32.1. The van der Waals surface area contributed by atoms with Crippen molar-refractivity contribution in [2.45, 2.75) is 37.8 Å². The fourth-order valence-electron chi connectivity index (χ4n) is 4.65. The Labute approximate surface area is 181 Å². The smallest absolute Gasteiger partial charge is 0.128 e. The number of fused-ring (bicyclic) bond motifs is 2. The van der Waals surface area contributed by atoms with E-state index in [0.29, 0.717) is 25.1 Å². The number of hydrogen-bond donors (Lipinski definition) is 2. The second-order valence-electron chi connectivity index (χ2n) is 8.41. The summed E-state index contributed by atoms with van der Waals surface area (Å²) >= 11 is 1.94. The highest BCUT2D eigenvalue weighted by Crippen LogP contribution is 2.38. The summed E-state index contributed by atoms with van der Waals surface area (Å²) in [5.41, 5.74) is 1.05. The summed E-state index contributed by atoms with van der Waals surface area (Å²) in [5, 5.41) is 13.0. The van der Waals surface area contributed by atoms with Crippen molar-refractivity contribution < 1.29 is 9.84 Å². The molecule has 2 aromatic carbocycles. The van der Waals surface area contributed by atoms with Crippen molar-refractivity contribution in [3.8, 4) is 5.75 Å². The molecule has 2 N–H and O–H groups in total. The number of ether oxygens (including phenoxy) is 1. The van der Waals surface area contributed by atoms with E-state index in [-0.39, 0.29) is 0 Å². The number of H-pyrrole nitrogens is 1. The molecule has 0 saturated carbocycles. The van der Waals surface area contributed by atoms with Gasteiger partial charge in [-0.2, -0.15) is 0 Å². The normalized spacial score (nSPS) is 21.3. The Bertz CT molecular complexity index is 1100. The number of thiophene rings is 1. The number of β-amino-alcohol motifs (C(OH)–C–C–N with tert-alkyl or cyclic N) is 1. The minimum absolute atomic E-state index is 0.313. The molecule has 1 fully saturated rings. The van der Waals surface area contributed by atoms with Crippen LogP contribution < -0.4 is 4.74 Å². The number of aromatic amines is 1. The second kappa shape index (κ2) is 8.42. The molecule has 0 amide bonds. The summed E-state index contributed by atoms with van der Waals surface area (Å²) in [6, 6.07) is 19.5. The van der Waals surface area contributed by atoms with Crippen molar-refractivity contribution in [2.24, 2.45) is 0 Å². The van der Waals surface area contributed by atoms with Gasteiger partial charge in [0, 0.05) is 39.3 Å². The standard InChI is InChI=1S/C25H28N2O2S/c1-17-13-19(25-14-18-5-2-3-8-24(18)30-25)10-12-27(17)15-20(28)16-29-23-7-4-6-22-21(23)9-11-26-22/h2-9,11,14,17,19-20,26,28H,10,12-13,15-16H2,1H3/t17-,19+,20-/m0/s1. The fraction of sp³-hybridized carbons (Fsp3) is 0.360. The van der Waals surface area contributed by atoms with E-state index in [0.717, 1.165) is 36.0 Å². The van der Waals surface area contributed by atoms with Gasteiger partial charge in [0.25, 0.3) is 0 Å². The zero-order valence-corrected chi connectivity index (χ0v) is 18.1. The minimum Gasteiger partial charge on any atom is -0.490 e. The van der Waals surface area contributed by atoms with E-state index in [2.05, 4.69) is 47.1 Å². The van der Waals surface area contributed by atoms with Crippen LogP contribution >= 0.6 is 11.3 Å². The molecule has 0 unspecified atom stereocenters. The van der Waals surface area contributed by atoms with E-state index in [1.54, 1.807) is 0 Å². The first kappa shape index (κ1) is 19.6. The average Bonchev–Trinajstić information content (AvgIpc) is 3.40. The number of rotatable bonds is 6. The molecule has 3 heterocycles. The molecule has 0 aliphatic carbocycles. The lowest BCUT2D eigenvalue weighted by Gasteiger charge is -2.38. The predicted molar refractivity (Wildman–Crippen MR) is 125 cm³/mol. The van der Waals surface area contributed by atoms with Crippen molar-refractivity contribution in [3.63, 3.8) is 0 Å². The molecule has 0 bridgehead atoms. The maximum Gasteiger partial charge on any atom is 0.128 e. The van der Waals surface area contributed by atoms with Crippen molar-refractivity contribution >= 4 is 32.3 Å². The van der Waals surface area contributed by atoms with Gasteiger partial charge in [-0.1, -0.05) is 24.3 Å². The van der Waals surface area contributed by atoms with E-state index >= 15 is 0 Å². The molecular weight excluding hydrogens is 392 g/mol. The van der Waals surface area contributed by atoms with Gasteiger partial charge in [0.15, 0.2) is 0 Å². The Balaban J connectivity index is 1.16. The summed E-state index contributed by atoms with van der Waals surface area (Å²) in [6.07, 6.45) is 3.70. The average molecular weight is 421 g/mol. The molecule has 3 atom stereocenters. The van der Waals surface area contributed by atoms with Crippen LogP contribution in [0.15, 0.2) is 60.8 Å². The molecular formula is C25H28N2O2S. The summed E-state index contributed by atoms with van der Waals surface area (Å²) in [5.74, 6) is 1.44. The largest absolute Gasteiger partial charge is 0.490 e. The lowest BCUT2D eigenvalue weighted by molar-refractivity contribution is 0.0408. The molecule has 4 aromatic rings. The first-order valence-electron chi connectivity index (χ1n) is 10.8. The molecule has 156 valence electrons. The third-order valence-corrected chi connectivity index (χ3v) is 7.57. The molecule has 1 aliphatic heterocycles. The van der Waals surface area contributed by atoms with Crippen molar-refractivity contribution in [2.75, 3.05) is 19.7 Å². The van der Waals surface area contributed by atoms with Crippen molar-refractivity contribution in [1.29, 1.82) is 0 Å². The number of aromatic nitrogens is 1. The van der Waals surface area contributed by atoms with Crippen molar-refractivity contribution in [3.05, 3.63) is 65.7 Å². The quantitative estimate of drug-likeness (QED) is 0.440. The number of benzene rings is 2. The van der Waals surface area contributed by atoms with E-state index in [1.165, 1.54) is 15.0 Å². The van der Waals surface area contributed by atoms with Gasteiger partial charge in [0.2, 0.25) is 0 Å². The van der Waals surface area contributed by atoms with Gasteiger partial charge < -0.3 is 14.8 Å². The van der Waals surface area contributed by atoms with Gasteiger partial charge >= 0.3 is 0 Å². The van der Waals surface area contributed by atoms with Crippen LogP contribution in [0.2, 0.25) is 0 Å². The van der Waals surface area contributed by atoms with Gasteiger partial charge in [-0.05, 0) is 67.9 Å². The summed E-state index contributed by atoms with van der Waals surface area (Å²) < 4.78 is 7.33. The number of hydrogen-bond acceptors (Lipinski definition) is 4. The van der Waals surface area contributed by atoms with E-state index in [1.807, 2.05) is 41.8 Å². The summed E-state index contributed by atoms with van der Waals surface area (Å²) in [4.78, 5) is 7.11. The summed E-state index contributed by atoms with van der Waals surface area (Å²) in [6.45, 7) is 4.27. The first-order valence-corrected chi connectivity index (χ1v) is 11.6. The number of piperidine rings is 1. The van der Waals surface area contributed by atoms with Gasteiger partial charge in [-0.3, -0.25) is 4.90 Å². The SMILES string of the molecule is C[C@H]1C[C@H](c2cc3ccccc3s2)CCN1C[C@H](O)COc1cccc2[nH]ccc12. The highest BCUT2D eigenvalue weighted by Gasteiger charge is 2.28.